The summed E-state index contributed by atoms with van der Waals surface area (Å²) in [6, 6.07) is 14.5. The molecule has 1 aliphatic heterocycles. The minimum absolute atomic E-state index is 0.0640. The molecule has 0 fully saturated rings. The van der Waals surface area contributed by atoms with Gasteiger partial charge in [-0.3, -0.25) is 4.79 Å². The number of carbonyl (C=O) groups is 1. The van der Waals surface area contributed by atoms with Crippen LogP contribution in [0, 0.1) is 19.7 Å². The highest BCUT2D eigenvalue weighted by Crippen LogP contribution is 2.36. The highest BCUT2D eigenvalue weighted by molar-refractivity contribution is 7.99. The molecule has 4 nitrogen and oxygen atoms in total. The average molecular weight is 396 g/mol. The number of hydrogen-bond donors (Lipinski definition) is 1. The summed E-state index contributed by atoms with van der Waals surface area (Å²) in [7, 11) is 0. The zero-order valence-corrected chi connectivity index (χ0v) is 16.7. The molecule has 28 heavy (non-hydrogen) atoms. The Labute approximate surface area is 168 Å². The van der Waals surface area contributed by atoms with Crippen LogP contribution in [0.4, 0.5) is 4.39 Å². The summed E-state index contributed by atoms with van der Waals surface area (Å²) >= 11 is 1.71. The zero-order valence-electron chi connectivity index (χ0n) is 15.9. The lowest BCUT2D eigenvalue weighted by Gasteiger charge is -2.26. The molecule has 0 bridgehead atoms. The van der Waals surface area contributed by atoms with E-state index in [1.165, 1.54) is 12.1 Å². The van der Waals surface area contributed by atoms with Gasteiger partial charge in [0.2, 0.25) is 5.91 Å². The number of rotatable bonds is 4. The van der Waals surface area contributed by atoms with E-state index in [-0.39, 0.29) is 24.2 Å². The largest absolute Gasteiger partial charge is 0.349 e. The number of fused-ring (bicyclic) bond motifs is 1. The van der Waals surface area contributed by atoms with E-state index >= 15 is 0 Å². The van der Waals surface area contributed by atoms with Gasteiger partial charge in [-0.15, -0.1) is 11.8 Å². The van der Waals surface area contributed by atoms with Crippen LogP contribution in [-0.4, -0.2) is 21.4 Å². The van der Waals surface area contributed by atoms with Crippen molar-refractivity contribution in [2.24, 2.45) is 0 Å². The van der Waals surface area contributed by atoms with Gasteiger partial charge in [0.1, 0.15) is 5.82 Å². The quantitative estimate of drug-likeness (QED) is 0.706. The summed E-state index contributed by atoms with van der Waals surface area (Å²) in [5, 5.41) is 7.71. The summed E-state index contributed by atoms with van der Waals surface area (Å²) in [6.07, 6.45) is 1.06. The van der Waals surface area contributed by atoms with Crippen molar-refractivity contribution in [3.8, 4) is 5.69 Å². The van der Waals surface area contributed by atoms with Crippen LogP contribution in [0.3, 0.4) is 0 Å². The lowest BCUT2D eigenvalue weighted by atomic mass is 10.0. The molecule has 1 atom stereocenters. The third kappa shape index (κ3) is 3.69. The predicted molar refractivity (Wildman–Crippen MR) is 109 cm³/mol. The third-order valence-corrected chi connectivity index (χ3v) is 6.25. The van der Waals surface area contributed by atoms with E-state index in [0.29, 0.717) is 0 Å². The molecule has 2 aromatic carbocycles. The SMILES string of the molecule is Cc1nn(-c2ccccc2)c(C)c1CC(=O)NC1CCSc2ccc(F)cc21. The number of para-hydroxylation sites is 1. The zero-order chi connectivity index (χ0) is 19.7. The van der Waals surface area contributed by atoms with Crippen molar-refractivity contribution in [1.29, 1.82) is 0 Å². The van der Waals surface area contributed by atoms with E-state index in [4.69, 9.17) is 0 Å². The number of thioether (sulfide) groups is 1. The van der Waals surface area contributed by atoms with Crippen molar-refractivity contribution < 1.29 is 9.18 Å². The van der Waals surface area contributed by atoms with Crippen molar-refractivity contribution >= 4 is 17.7 Å². The first-order chi connectivity index (χ1) is 13.5. The molecule has 6 heteroatoms. The number of amides is 1. The Morgan fingerprint density at radius 3 is 2.82 bits per heavy atom. The molecule has 0 aliphatic carbocycles. The van der Waals surface area contributed by atoms with Gasteiger partial charge in [0.15, 0.2) is 0 Å². The molecule has 2 heterocycles. The second-order valence-corrected chi connectivity index (χ2v) is 8.15. The van der Waals surface area contributed by atoms with E-state index in [1.807, 2.05) is 48.9 Å². The Morgan fingerprint density at radius 2 is 2.04 bits per heavy atom. The van der Waals surface area contributed by atoms with Gasteiger partial charge in [0, 0.05) is 21.9 Å². The number of nitrogens with zero attached hydrogens (tertiary/aromatic N) is 2. The van der Waals surface area contributed by atoms with Gasteiger partial charge in [0.25, 0.3) is 0 Å². The highest BCUT2D eigenvalue weighted by Gasteiger charge is 2.24. The van der Waals surface area contributed by atoms with Crippen LogP contribution in [-0.2, 0) is 11.2 Å². The first-order valence-corrected chi connectivity index (χ1v) is 10.3. The fraction of sp³-hybridized carbons (Fsp3) is 0.273. The van der Waals surface area contributed by atoms with Crippen LogP contribution in [0.25, 0.3) is 5.69 Å². The highest BCUT2D eigenvalue weighted by atomic mass is 32.2. The average Bonchev–Trinajstić information content (AvgIpc) is 2.97. The lowest BCUT2D eigenvalue weighted by molar-refractivity contribution is -0.121. The molecule has 1 aromatic heterocycles. The molecule has 1 amide bonds. The van der Waals surface area contributed by atoms with Gasteiger partial charge in [-0.1, -0.05) is 18.2 Å². The van der Waals surface area contributed by atoms with Crippen molar-refractivity contribution in [2.75, 3.05) is 5.75 Å². The Balaban J connectivity index is 1.53. The summed E-state index contributed by atoms with van der Waals surface area (Å²) in [4.78, 5) is 13.8. The first-order valence-electron chi connectivity index (χ1n) is 9.35. The van der Waals surface area contributed by atoms with Gasteiger partial charge < -0.3 is 5.32 Å². The van der Waals surface area contributed by atoms with Crippen LogP contribution >= 0.6 is 11.8 Å². The second-order valence-electron chi connectivity index (χ2n) is 7.01. The number of aromatic nitrogens is 2. The molecule has 0 saturated carbocycles. The molecule has 0 spiro atoms. The van der Waals surface area contributed by atoms with Crippen molar-refractivity contribution in [2.45, 2.75) is 37.6 Å². The molecule has 3 aromatic rings. The Hall–Kier alpha value is -2.60. The fourth-order valence-electron chi connectivity index (χ4n) is 3.67. The van der Waals surface area contributed by atoms with Crippen LogP contribution in [0.15, 0.2) is 53.4 Å². The van der Waals surface area contributed by atoms with Gasteiger partial charge >= 0.3 is 0 Å². The Bertz CT molecular complexity index is 1020. The number of halogens is 1. The molecular formula is C22H22FN3OS. The maximum atomic E-state index is 13.7. The van der Waals surface area contributed by atoms with Crippen LogP contribution in [0.2, 0.25) is 0 Å². The van der Waals surface area contributed by atoms with E-state index in [1.54, 1.807) is 17.8 Å². The van der Waals surface area contributed by atoms with E-state index in [9.17, 15) is 9.18 Å². The van der Waals surface area contributed by atoms with E-state index in [0.717, 1.165) is 45.3 Å². The minimum Gasteiger partial charge on any atom is -0.349 e. The van der Waals surface area contributed by atoms with Gasteiger partial charge in [-0.05, 0) is 56.2 Å². The number of carbonyl (C=O) groups excluding carboxylic acids is 1. The molecule has 1 N–H and O–H groups in total. The molecule has 4 rings (SSSR count). The molecule has 1 unspecified atom stereocenters. The molecule has 144 valence electrons. The molecule has 0 saturated heterocycles. The number of nitrogens with one attached hydrogen (secondary N) is 1. The smallest absolute Gasteiger partial charge is 0.225 e. The van der Waals surface area contributed by atoms with Gasteiger partial charge in [-0.25, -0.2) is 9.07 Å². The molecular weight excluding hydrogens is 373 g/mol. The van der Waals surface area contributed by atoms with Crippen LogP contribution in [0.1, 0.15) is 35.0 Å². The summed E-state index contributed by atoms with van der Waals surface area (Å²) < 4.78 is 15.6. The minimum atomic E-state index is -0.267. The Morgan fingerprint density at radius 1 is 1.25 bits per heavy atom. The third-order valence-electron chi connectivity index (χ3n) is 5.13. The summed E-state index contributed by atoms with van der Waals surface area (Å²) in [5.74, 6) is 0.579. The topological polar surface area (TPSA) is 46.9 Å². The van der Waals surface area contributed by atoms with Crippen molar-refractivity contribution in [3.05, 3.63) is 76.9 Å². The standard InChI is InChI=1S/C22H22FN3OS/c1-14-18(15(2)26(25-14)17-6-4-3-5-7-17)13-22(27)24-20-10-11-28-21-9-8-16(23)12-19(20)21/h3-9,12,20H,10-11,13H2,1-2H3,(H,24,27). The number of hydrogen-bond acceptors (Lipinski definition) is 3. The van der Waals surface area contributed by atoms with Crippen LogP contribution < -0.4 is 5.32 Å². The maximum Gasteiger partial charge on any atom is 0.225 e. The van der Waals surface area contributed by atoms with Gasteiger partial charge in [-0.2, -0.15) is 5.10 Å². The number of aryl methyl sites for hydroxylation is 1. The summed E-state index contributed by atoms with van der Waals surface area (Å²) in [6.45, 7) is 3.91. The van der Waals surface area contributed by atoms with E-state index < -0.39 is 0 Å². The molecule has 1 aliphatic rings. The fourth-order valence-corrected chi connectivity index (χ4v) is 4.78. The van der Waals surface area contributed by atoms with Gasteiger partial charge in [0.05, 0.1) is 23.8 Å². The first kappa shape index (κ1) is 18.7. The second kappa shape index (κ2) is 7.80. The normalized spacial score (nSPS) is 15.9. The van der Waals surface area contributed by atoms with Crippen LogP contribution in [0.5, 0.6) is 0 Å². The monoisotopic (exact) mass is 395 g/mol. The number of benzene rings is 2. The molecule has 0 radical (unpaired) electrons. The van der Waals surface area contributed by atoms with E-state index in [2.05, 4.69) is 10.4 Å². The maximum absolute atomic E-state index is 13.7. The van der Waals surface area contributed by atoms with Crippen molar-refractivity contribution in [1.82, 2.24) is 15.1 Å². The van der Waals surface area contributed by atoms with Crippen molar-refractivity contribution in [3.63, 3.8) is 0 Å². The predicted octanol–water partition coefficient (Wildman–Crippen LogP) is 4.52. The lowest BCUT2D eigenvalue weighted by Crippen LogP contribution is -2.32. The summed E-state index contributed by atoms with van der Waals surface area (Å²) in [5.41, 5.74) is 4.60. The Kier molecular flexibility index (Phi) is 5.22.